The van der Waals surface area contributed by atoms with Crippen LogP contribution in [0.1, 0.15) is 27.7 Å². The maximum absolute atomic E-state index is 10.4. The van der Waals surface area contributed by atoms with Gasteiger partial charge in [0, 0.05) is 5.54 Å². The molecule has 1 aliphatic rings. The molecule has 1 aliphatic carbocycles. The fourth-order valence-electron chi connectivity index (χ4n) is 1.72. The summed E-state index contributed by atoms with van der Waals surface area (Å²) in [5.41, 5.74) is -1.48. The second-order valence-corrected chi connectivity index (χ2v) is 4.99. The van der Waals surface area contributed by atoms with Crippen molar-refractivity contribution in [3.8, 4) is 0 Å². The SMILES string of the molecule is CC(O)[C]1C=CC=CC1(O)NC(C)(C)C. The molecule has 3 nitrogen and oxygen atoms in total. The fraction of sp³-hybridized carbons (Fsp3) is 0.583. The highest BCUT2D eigenvalue weighted by molar-refractivity contribution is 5.36. The van der Waals surface area contributed by atoms with Crippen molar-refractivity contribution < 1.29 is 10.2 Å². The smallest absolute Gasteiger partial charge is 0.148 e. The van der Waals surface area contributed by atoms with Crippen LogP contribution in [0.15, 0.2) is 24.3 Å². The van der Waals surface area contributed by atoms with Crippen LogP contribution in [-0.2, 0) is 0 Å². The molecule has 0 saturated carbocycles. The molecule has 0 heterocycles. The van der Waals surface area contributed by atoms with Crippen LogP contribution in [0.2, 0.25) is 0 Å². The summed E-state index contributed by atoms with van der Waals surface area (Å²) in [6.07, 6.45) is 6.29. The summed E-state index contributed by atoms with van der Waals surface area (Å²) in [4.78, 5) is 0. The minimum absolute atomic E-state index is 0.232. The van der Waals surface area contributed by atoms with Crippen LogP contribution in [-0.4, -0.2) is 27.6 Å². The van der Waals surface area contributed by atoms with Gasteiger partial charge < -0.3 is 10.2 Å². The average molecular weight is 210 g/mol. The molecule has 85 valence electrons. The molecule has 0 spiro atoms. The molecule has 1 radical (unpaired) electrons. The average Bonchev–Trinajstić information content (AvgIpc) is 1.99. The van der Waals surface area contributed by atoms with E-state index in [0.717, 1.165) is 0 Å². The van der Waals surface area contributed by atoms with Gasteiger partial charge >= 0.3 is 0 Å². The number of nitrogens with one attached hydrogen (secondary N) is 1. The number of allylic oxidation sites excluding steroid dienone is 2. The molecule has 0 aromatic carbocycles. The maximum Gasteiger partial charge on any atom is 0.148 e. The Morgan fingerprint density at radius 1 is 1.33 bits per heavy atom. The zero-order valence-electron chi connectivity index (χ0n) is 9.78. The third-order valence-electron chi connectivity index (χ3n) is 2.18. The van der Waals surface area contributed by atoms with E-state index in [4.69, 9.17) is 0 Å². The Kier molecular flexibility index (Phi) is 3.38. The van der Waals surface area contributed by atoms with E-state index in [9.17, 15) is 10.2 Å². The lowest BCUT2D eigenvalue weighted by atomic mass is 9.85. The first-order valence-corrected chi connectivity index (χ1v) is 5.18. The molecular formula is C12H20NO2. The van der Waals surface area contributed by atoms with Gasteiger partial charge in [0.05, 0.1) is 12.0 Å². The fourth-order valence-corrected chi connectivity index (χ4v) is 1.72. The molecule has 0 aliphatic heterocycles. The quantitative estimate of drug-likeness (QED) is 0.599. The molecule has 0 saturated heterocycles. The van der Waals surface area contributed by atoms with Gasteiger partial charge in [0.1, 0.15) is 5.72 Å². The largest absolute Gasteiger partial charge is 0.392 e. The van der Waals surface area contributed by atoms with E-state index in [1.54, 1.807) is 31.2 Å². The summed E-state index contributed by atoms with van der Waals surface area (Å²) in [6, 6.07) is 0. The molecule has 0 amide bonds. The zero-order chi connectivity index (χ0) is 11.7. The number of rotatable bonds is 2. The molecular weight excluding hydrogens is 190 g/mol. The monoisotopic (exact) mass is 210 g/mol. The molecule has 2 unspecified atom stereocenters. The van der Waals surface area contributed by atoms with Crippen LogP contribution < -0.4 is 5.32 Å². The predicted octanol–water partition coefficient (Wildman–Crippen LogP) is 1.14. The van der Waals surface area contributed by atoms with Crippen molar-refractivity contribution in [2.45, 2.75) is 45.1 Å². The molecule has 3 N–H and O–H groups in total. The van der Waals surface area contributed by atoms with Crippen molar-refractivity contribution in [3.63, 3.8) is 0 Å². The van der Waals surface area contributed by atoms with Crippen molar-refractivity contribution >= 4 is 0 Å². The van der Waals surface area contributed by atoms with E-state index in [-0.39, 0.29) is 5.54 Å². The lowest BCUT2D eigenvalue weighted by molar-refractivity contribution is 0.0186. The van der Waals surface area contributed by atoms with Gasteiger partial charge in [-0.25, -0.2) is 0 Å². The third kappa shape index (κ3) is 3.16. The van der Waals surface area contributed by atoms with Gasteiger partial charge in [-0.3, -0.25) is 5.32 Å². The Bertz CT molecular complexity index is 276. The highest BCUT2D eigenvalue weighted by Gasteiger charge is 2.40. The summed E-state index contributed by atoms with van der Waals surface area (Å²) < 4.78 is 0. The van der Waals surface area contributed by atoms with Crippen LogP contribution in [0, 0.1) is 5.92 Å². The number of hydrogen-bond acceptors (Lipinski definition) is 3. The van der Waals surface area contributed by atoms with E-state index >= 15 is 0 Å². The van der Waals surface area contributed by atoms with E-state index in [2.05, 4.69) is 5.32 Å². The third-order valence-corrected chi connectivity index (χ3v) is 2.18. The van der Waals surface area contributed by atoms with Crippen LogP contribution >= 0.6 is 0 Å². The summed E-state index contributed by atoms with van der Waals surface area (Å²) in [5, 5.41) is 23.1. The highest BCUT2D eigenvalue weighted by atomic mass is 16.3. The minimum atomic E-state index is -1.25. The Hall–Kier alpha value is -0.640. The molecule has 0 bridgehead atoms. The lowest BCUT2D eigenvalue weighted by Crippen LogP contribution is -2.58. The summed E-state index contributed by atoms with van der Waals surface area (Å²) in [6.45, 7) is 7.55. The van der Waals surface area contributed by atoms with Crippen LogP contribution in [0.3, 0.4) is 0 Å². The molecule has 1 rings (SSSR count). The Morgan fingerprint density at radius 3 is 2.40 bits per heavy atom. The van der Waals surface area contributed by atoms with E-state index in [1.165, 1.54) is 0 Å². The molecule has 3 heteroatoms. The summed E-state index contributed by atoms with van der Waals surface area (Å²) >= 11 is 0. The van der Waals surface area contributed by atoms with Crippen molar-refractivity contribution in [3.05, 3.63) is 30.2 Å². The van der Waals surface area contributed by atoms with Gasteiger partial charge in [-0.1, -0.05) is 18.2 Å². The van der Waals surface area contributed by atoms with Crippen molar-refractivity contribution in [2.75, 3.05) is 0 Å². The Labute approximate surface area is 91.5 Å². The standard InChI is InChI=1S/C12H20NO2/c1-9(14)10-7-5-6-8-12(10,15)13-11(2,3)4/h5-9,13-15H,1-4H3. The molecule has 2 atom stereocenters. The van der Waals surface area contributed by atoms with Crippen LogP contribution in [0.25, 0.3) is 0 Å². The van der Waals surface area contributed by atoms with E-state index in [1.807, 2.05) is 20.8 Å². The van der Waals surface area contributed by atoms with Gasteiger partial charge in [-0.2, -0.15) is 0 Å². The first-order chi connectivity index (χ1) is 6.75. The number of aliphatic hydroxyl groups is 2. The van der Waals surface area contributed by atoms with Gasteiger partial charge in [-0.15, -0.1) is 0 Å². The van der Waals surface area contributed by atoms with Crippen molar-refractivity contribution in [1.82, 2.24) is 5.32 Å². The second kappa shape index (κ2) is 4.08. The topological polar surface area (TPSA) is 52.5 Å². The van der Waals surface area contributed by atoms with Gasteiger partial charge in [0.2, 0.25) is 0 Å². The molecule has 0 fully saturated rings. The first kappa shape index (κ1) is 12.4. The molecule has 0 aromatic heterocycles. The van der Waals surface area contributed by atoms with Gasteiger partial charge in [0.15, 0.2) is 0 Å². The van der Waals surface area contributed by atoms with Crippen LogP contribution in [0.4, 0.5) is 0 Å². The minimum Gasteiger partial charge on any atom is -0.392 e. The predicted molar refractivity (Wildman–Crippen MR) is 61.0 cm³/mol. The van der Waals surface area contributed by atoms with Gasteiger partial charge in [0.25, 0.3) is 0 Å². The molecule has 15 heavy (non-hydrogen) atoms. The first-order valence-electron chi connectivity index (χ1n) is 5.18. The zero-order valence-corrected chi connectivity index (χ0v) is 9.78. The van der Waals surface area contributed by atoms with Gasteiger partial charge in [-0.05, 0) is 33.8 Å². The van der Waals surface area contributed by atoms with E-state index in [0.29, 0.717) is 5.92 Å². The number of hydrogen-bond donors (Lipinski definition) is 3. The second-order valence-electron chi connectivity index (χ2n) is 4.99. The molecule has 0 aromatic rings. The maximum atomic E-state index is 10.4. The normalized spacial score (nSPS) is 29.5. The van der Waals surface area contributed by atoms with Crippen molar-refractivity contribution in [2.24, 2.45) is 0 Å². The number of aliphatic hydroxyl groups excluding tert-OH is 1. The highest BCUT2D eigenvalue weighted by Crippen LogP contribution is 2.29. The summed E-state index contributed by atoms with van der Waals surface area (Å²) in [5.74, 6) is 0.569. The summed E-state index contributed by atoms with van der Waals surface area (Å²) in [7, 11) is 0. The van der Waals surface area contributed by atoms with Crippen molar-refractivity contribution in [1.29, 1.82) is 0 Å². The van der Waals surface area contributed by atoms with Crippen LogP contribution in [0.5, 0.6) is 0 Å². The van der Waals surface area contributed by atoms with E-state index < -0.39 is 11.8 Å². The Morgan fingerprint density at radius 2 is 1.93 bits per heavy atom. The Balaban J connectivity index is 2.89. The lowest BCUT2D eigenvalue weighted by Gasteiger charge is -2.40.